The second-order valence-electron chi connectivity index (χ2n) is 5.61. The van der Waals surface area contributed by atoms with Gasteiger partial charge in [0.05, 0.1) is 18.1 Å². The van der Waals surface area contributed by atoms with Gasteiger partial charge in [-0.3, -0.25) is 5.10 Å². The summed E-state index contributed by atoms with van der Waals surface area (Å²) in [7, 11) is 0. The Hall–Kier alpha value is -3.08. The number of anilines is 2. The van der Waals surface area contributed by atoms with Gasteiger partial charge >= 0.3 is 0 Å². The molecule has 2 aromatic heterocycles. The molecule has 5 heteroatoms. The highest BCUT2D eigenvalue weighted by Gasteiger charge is 2.11. The number of aromatic amines is 1. The molecule has 0 amide bonds. The average Bonchev–Trinajstić information content (AvgIpc) is 3.15. The van der Waals surface area contributed by atoms with E-state index in [1.165, 1.54) is 11.1 Å². The summed E-state index contributed by atoms with van der Waals surface area (Å²) in [5.41, 5.74) is 4.31. The zero-order valence-corrected chi connectivity index (χ0v) is 12.8. The van der Waals surface area contributed by atoms with Crippen LogP contribution in [-0.4, -0.2) is 20.0 Å². The molecule has 0 saturated carbocycles. The lowest BCUT2D eigenvalue weighted by Gasteiger charge is -2.03. The zero-order valence-electron chi connectivity index (χ0n) is 12.8. The van der Waals surface area contributed by atoms with Crippen LogP contribution >= 0.6 is 0 Å². The van der Waals surface area contributed by atoms with Gasteiger partial charge in [0.25, 0.3) is 0 Å². The molecule has 114 valence electrons. The molecular weight excluding hydrogens is 286 g/mol. The van der Waals surface area contributed by atoms with Gasteiger partial charge in [-0.05, 0) is 24.6 Å². The highest BCUT2D eigenvalue weighted by atomic mass is 15.3. The summed E-state index contributed by atoms with van der Waals surface area (Å²) in [6.07, 6.45) is 1.85. The number of hydrogen-bond donors (Lipinski definition) is 2. The largest absolute Gasteiger partial charge is 0.340 e. The van der Waals surface area contributed by atoms with E-state index in [1.807, 2.05) is 29.1 Å². The summed E-state index contributed by atoms with van der Waals surface area (Å²) in [5.74, 6) is 0.864. The van der Waals surface area contributed by atoms with Gasteiger partial charge in [-0.25, -0.2) is 4.68 Å². The molecule has 0 radical (unpaired) electrons. The molecule has 0 unspecified atom stereocenters. The second-order valence-corrected chi connectivity index (χ2v) is 5.61. The Balaban J connectivity index is 1.62. The van der Waals surface area contributed by atoms with Gasteiger partial charge < -0.3 is 5.32 Å². The van der Waals surface area contributed by atoms with Crippen LogP contribution in [0.25, 0.3) is 11.0 Å². The number of nitrogens with zero attached hydrogens (tertiary/aromatic N) is 3. The van der Waals surface area contributed by atoms with E-state index in [0.29, 0.717) is 6.54 Å². The molecule has 0 aliphatic rings. The van der Waals surface area contributed by atoms with E-state index < -0.39 is 0 Å². The van der Waals surface area contributed by atoms with Crippen LogP contribution < -0.4 is 5.32 Å². The number of hydrogen-bond acceptors (Lipinski definition) is 3. The lowest BCUT2D eigenvalue weighted by atomic mass is 10.2. The van der Waals surface area contributed by atoms with Crippen LogP contribution in [-0.2, 0) is 6.54 Å². The molecule has 2 heterocycles. The molecule has 0 atom stereocenters. The number of fused-ring (bicyclic) bond motifs is 1. The molecule has 23 heavy (non-hydrogen) atoms. The van der Waals surface area contributed by atoms with Crippen LogP contribution in [0.3, 0.4) is 0 Å². The van der Waals surface area contributed by atoms with Gasteiger partial charge in [0.1, 0.15) is 5.82 Å². The molecule has 0 aliphatic heterocycles. The van der Waals surface area contributed by atoms with Crippen LogP contribution in [0, 0.1) is 6.92 Å². The quantitative estimate of drug-likeness (QED) is 0.602. The minimum atomic E-state index is 0.708. The predicted molar refractivity (Wildman–Crippen MR) is 91.9 cm³/mol. The van der Waals surface area contributed by atoms with E-state index in [9.17, 15) is 0 Å². The van der Waals surface area contributed by atoms with Crippen LogP contribution in [0.4, 0.5) is 11.5 Å². The summed E-state index contributed by atoms with van der Waals surface area (Å²) < 4.78 is 1.90. The van der Waals surface area contributed by atoms with Gasteiger partial charge in [0, 0.05) is 5.69 Å². The summed E-state index contributed by atoms with van der Waals surface area (Å²) >= 11 is 0. The lowest BCUT2D eigenvalue weighted by molar-refractivity contribution is 0.700. The van der Waals surface area contributed by atoms with Crippen molar-refractivity contribution in [3.8, 4) is 0 Å². The summed E-state index contributed by atoms with van der Waals surface area (Å²) in [6, 6.07) is 18.5. The van der Waals surface area contributed by atoms with Gasteiger partial charge in [-0.1, -0.05) is 48.0 Å². The Morgan fingerprint density at radius 1 is 1.04 bits per heavy atom. The fourth-order valence-electron chi connectivity index (χ4n) is 2.59. The first-order valence-electron chi connectivity index (χ1n) is 7.57. The van der Waals surface area contributed by atoms with Crippen LogP contribution in [0.15, 0.2) is 60.8 Å². The highest BCUT2D eigenvalue weighted by Crippen LogP contribution is 2.24. The molecule has 0 saturated heterocycles. The standard InChI is InChI=1S/C18H17N5/c1-13-7-9-15(10-8-13)20-17-16-11-19-23(18(16)22-21-17)12-14-5-3-2-4-6-14/h2-11H,12H2,1H3,(H2,20,21,22). The molecule has 4 rings (SSSR count). The fraction of sp³-hybridized carbons (Fsp3) is 0.111. The Labute approximate surface area is 134 Å². The smallest absolute Gasteiger partial charge is 0.182 e. The van der Waals surface area contributed by atoms with Crippen molar-refractivity contribution in [1.82, 2.24) is 20.0 Å². The van der Waals surface area contributed by atoms with Gasteiger partial charge in [0.2, 0.25) is 0 Å². The summed E-state index contributed by atoms with van der Waals surface area (Å²) in [4.78, 5) is 0. The van der Waals surface area contributed by atoms with Crippen LogP contribution in [0.5, 0.6) is 0 Å². The monoisotopic (exact) mass is 303 g/mol. The third kappa shape index (κ3) is 2.68. The molecule has 5 nitrogen and oxygen atoms in total. The Kier molecular flexibility index (Phi) is 3.31. The molecule has 0 fully saturated rings. The molecule has 2 N–H and O–H groups in total. The van der Waals surface area contributed by atoms with Gasteiger partial charge in [0.15, 0.2) is 5.65 Å². The molecule has 0 aliphatic carbocycles. The van der Waals surface area contributed by atoms with Crippen molar-refractivity contribution in [2.24, 2.45) is 0 Å². The number of aromatic nitrogens is 4. The first-order chi connectivity index (χ1) is 11.3. The maximum Gasteiger partial charge on any atom is 0.182 e. The van der Waals surface area contributed by atoms with Crippen molar-refractivity contribution in [3.05, 3.63) is 71.9 Å². The molecule has 2 aromatic carbocycles. The van der Waals surface area contributed by atoms with Gasteiger partial charge in [-0.15, -0.1) is 0 Å². The molecular formula is C18H17N5. The number of aryl methyl sites for hydroxylation is 1. The Bertz CT molecular complexity index is 919. The average molecular weight is 303 g/mol. The highest BCUT2D eigenvalue weighted by molar-refractivity contribution is 5.89. The van der Waals surface area contributed by atoms with Gasteiger partial charge in [-0.2, -0.15) is 10.2 Å². The number of benzene rings is 2. The first kappa shape index (κ1) is 13.6. The second kappa shape index (κ2) is 5.61. The van der Waals surface area contributed by atoms with E-state index in [2.05, 4.69) is 63.9 Å². The third-order valence-electron chi connectivity index (χ3n) is 3.85. The van der Waals surface area contributed by atoms with Crippen molar-refractivity contribution in [3.63, 3.8) is 0 Å². The molecule has 0 bridgehead atoms. The maximum absolute atomic E-state index is 4.46. The molecule has 0 spiro atoms. The van der Waals surface area contributed by atoms with Crippen molar-refractivity contribution < 1.29 is 0 Å². The van der Waals surface area contributed by atoms with E-state index in [1.54, 1.807) is 0 Å². The van der Waals surface area contributed by atoms with Crippen molar-refractivity contribution in [2.75, 3.05) is 5.32 Å². The van der Waals surface area contributed by atoms with E-state index in [-0.39, 0.29) is 0 Å². The fourth-order valence-corrected chi connectivity index (χ4v) is 2.59. The summed E-state index contributed by atoms with van der Waals surface area (Å²) in [5, 5.41) is 16.3. The SMILES string of the molecule is Cc1ccc(Nc2[nH]nc3c2cnn3Cc2ccccc2)cc1. The Morgan fingerprint density at radius 2 is 1.83 bits per heavy atom. The number of H-pyrrole nitrogens is 1. The predicted octanol–water partition coefficient (Wildman–Crippen LogP) is 3.86. The van der Waals surface area contributed by atoms with E-state index in [0.717, 1.165) is 22.5 Å². The minimum Gasteiger partial charge on any atom is -0.340 e. The van der Waals surface area contributed by atoms with E-state index in [4.69, 9.17) is 0 Å². The van der Waals surface area contributed by atoms with Crippen molar-refractivity contribution >= 4 is 22.5 Å². The van der Waals surface area contributed by atoms with Crippen LogP contribution in [0.2, 0.25) is 0 Å². The van der Waals surface area contributed by atoms with Crippen molar-refractivity contribution in [2.45, 2.75) is 13.5 Å². The Morgan fingerprint density at radius 3 is 2.61 bits per heavy atom. The molecule has 4 aromatic rings. The summed E-state index contributed by atoms with van der Waals surface area (Å²) in [6.45, 7) is 2.78. The topological polar surface area (TPSA) is 58.5 Å². The third-order valence-corrected chi connectivity index (χ3v) is 3.85. The maximum atomic E-state index is 4.46. The normalized spacial score (nSPS) is 11.0. The minimum absolute atomic E-state index is 0.708. The van der Waals surface area contributed by atoms with Crippen LogP contribution in [0.1, 0.15) is 11.1 Å². The zero-order chi connectivity index (χ0) is 15.6. The van der Waals surface area contributed by atoms with E-state index >= 15 is 0 Å². The van der Waals surface area contributed by atoms with Crippen molar-refractivity contribution in [1.29, 1.82) is 0 Å². The lowest BCUT2D eigenvalue weighted by Crippen LogP contribution is -2.01. The first-order valence-corrected chi connectivity index (χ1v) is 7.57. The number of rotatable bonds is 4. The number of nitrogens with one attached hydrogen (secondary N) is 2.